The lowest BCUT2D eigenvalue weighted by molar-refractivity contribution is 0.243. The van der Waals surface area contributed by atoms with Gasteiger partial charge >= 0.3 is 0 Å². The van der Waals surface area contributed by atoms with Gasteiger partial charge in [0.15, 0.2) is 0 Å². The molecule has 0 saturated heterocycles. The van der Waals surface area contributed by atoms with E-state index in [0.29, 0.717) is 17.6 Å². The molecule has 6 unspecified atom stereocenters. The van der Waals surface area contributed by atoms with Gasteiger partial charge in [-0.15, -0.1) is 0 Å². The van der Waals surface area contributed by atoms with E-state index in [2.05, 4.69) is 47.6 Å². The van der Waals surface area contributed by atoms with Crippen LogP contribution in [-0.4, -0.2) is 5.11 Å². The Morgan fingerprint density at radius 1 is 0.750 bits per heavy atom. The van der Waals surface area contributed by atoms with Crippen LogP contribution in [0.5, 0.6) is 5.75 Å². The van der Waals surface area contributed by atoms with Gasteiger partial charge in [-0.25, -0.2) is 0 Å². The number of phenolic OH excluding ortho intramolecular Hbond substituents is 1. The molecule has 160 valence electrons. The normalized spacial score (nSPS) is 32.6. The third-order valence-electron chi connectivity index (χ3n) is 7.18. The van der Waals surface area contributed by atoms with Crippen LogP contribution in [0.2, 0.25) is 0 Å². The lowest BCUT2D eigenvalue weighted by Crippen LogP contribution is -2.15. The van der Waals surface area contributed by atoms with Crippen LogP contribution in [0.3, 0.4) is 0 Å². The average Bonchev–Trinajstić information content (AvgIpc) is 2.61. The van der Waals surface area contributed by atoms with Gasteiger partial charge in [0.05, 0.1) is 0 Å². The Balaban J connectivity index is 2.34. The molecule has 0 saturated carbocycles. The summed E-state index contributed by atoms with van der Waals surface area (Å²) in [4.78, 5) is 0. The second kappa shape index (κ2) is 11.3. The van der Waals surface area contributed by atoms with Gasteiger partial charge in [-0.2, -0.15) is 0 Å². The summed E-state index contributed by atoms with van der Waals surface area (Å²) in [5.41, 5.74) is 2.62. The third-order valence-corrected chi connectivity index (χ3v) is 7.18. The summed E-state index contributed by atoms with van der Waals surface area (Å²) in [7, 11) is 0. The van der Waals surface area contributed by atoms with Crippen LogP contribution in [0, 0.1) is 23.7 Å². The SMILES string of the molecule is CCCC1CC(C)CC(C)c2cccc(O)c2C(C)CC(C)CC(CCC)C1. The van der Waals surface area contributed by atoms with Crippen molar-refractivity contribution in [2.75, 3.05) is 0 Å². The van der Waals surface area contributed by atoms with E-state index in [1.165, 1.54) is 68.9 Å². The monoisotopic (exact) mass is 386 g/mol. The summed E-state index contributed by atoms with van der Waals surface area (Å²) in [6.07, 6.45) is 12.0. The first-order valence-electron chi connectivity index (χ1n) is 12.2. The van der Waals surface area contributed by atoms with E-state index < -0.39 is 0 Å². The van der Waals surface area contributed by atoms with Crippen molar-refractivity contribution in [3.63, 3.8) is 0 Å². The molecule has 0 radical (unpaired) electrons. The van der Waals surface area contributed by atoms with Crippen molar-refractivity contribution >= 4 is 0 Å². The first-order chi connectivity index (χ1) is 13.3. The molecule has 1 N–H and O–H groups in total. The molecular weight excluding hydrogens is 340 g/mol. The molecule has 0 aromatic heterocycles. The molecule has 6 atom stereocenters. The fraction of sp³-hybridized carbons (Fsp3) is 0.778. The lowest BCUT2D eigenvalue weighted by Gasteiger charge is -2.28. The molecule has 1 heteroatoms. The third kappa shape index (κ3) is 6.53. The molecular formula is C27H46O. The molecule has 1 aliphatic carbocycles. The minimum atomic E-state index is 0.429. The summed E-state index contributed by atoms with van der Waals surface area (Å²) in [5, 5.41) is 10.7. The standard InChI is InChI=1S/C27H46O/c1-7-10-23-16-19(3)14-21(5)25-12-9-13-26(28)27(25)22(6)15-20(4)17-24(18-23)11-8-2/h9,12-13,19-24,28H,7-8,10-11,14-18H2,1-6H3. The van der Waals surface area contributed by atoms with Gasteiger partial charge in [-0.1, -0.05) is 79.4 Å². The Bertz CT molecular complexity index is 578. The zero-order valence-corrected chi connectivity index (χ0v) is 19.5. The Labute approximate surface area is 175 Å². The van der Waals surface area contributed by atoms with Crippen LogP contribution >= 0.6 is 0 Å². The number of hydrogen-bond acceptors (Lipinski definition) is 1. The van der Waals surface area contributed by atoms with E-state index in [1.807, 2.05) is 12.1 Å². The number of aromatic hydroxyl groups is 1. The van der Waals surface area contributed by atoms with Crippen LogP contribution < -0.4 is 0 Å². The molecule has 0 heterocycles. The van der Waals surface area contributed by atoms with Crippen molar-refractivity contribution in [2.24, 2.45) is 23.7 Å². The van der Waals surface area contributed by atoms with Crippen molar-refractivity contribution in [3.05, 3.63) is 29.3 Å². The van der Waals surface area contributed by atoms with E-state index in [9.17, 15) is 5.11 Å². The molecule has 1 aromatic carbocycles. The van der Waals surface area contributed by atoms with Gasteiger partial charge in [-0.3, -0.25) is 0 Å². The summed E-state index contributed by atoms with van der Waals surface area (Å²) in [6.45, 7) is 14.3. The van der Waals surface area contributed by atoms with Gasteiger partial charge < -0.3 is 5.11 Å². The molecule has 1 aromatic rings. The molecule has 0 amide bonds. The van der Waals surface area contributed by atoms with E-state index in [4.69, 9.17) is 0 Å². The highest BCUT2D eigenvalue weighted by Gasteiger charge is 2.26. The minimum absolute atomic E-state index is 0.429. The predicted molar refractivity (Wildman–Crippen MR) is 123 cm³/mol. The van der Waals surface area contributed by atoms with Gasteiger partial charge in [-0.05, 0) is 79.2 Å². The van der Waals surface area contributed by atoms with Gasteiger partial charge in [0.1, 0.15) is 5.75 Å². The molecule has 0 spiro atoms. The second-order valence-corrected chi connectivity index (χ2v) is 10.3. The van der Waals surface area contributed by atoms with Crippen LogP contribution in [-0.2, 0) is 0 Å². The first kappa shape index (κ1) is 23.3. The van der Waals surface area contributed by atoms with Crippen LogP contribution in [0.25, 0.3) is 0 Å². The smallest absolute Gasteiger partial charge is 0.119 e. The Hall–Kier alpha value is -0.980. The molecule has 1 aliphatic rings. The summed E-state index contributed by atoms with van der Waals surface area (Å²) in [5.74, 6) is 4.69. The Morgan fingerprint density at radius 2 is 1.29 bits per heavy atom. The predicted octanol–water partition coefficient (Wildman–Crippen LogP) is 8.67. The Kier molecular flexibility index (Phi) is 9.38. The van der Waals surface area contributed by atoms with Crippen molar-refractivity contribution in [1.82, 2.24) is 0 Å². The lowest BCUT2D eigenvalue weighted by atomic mass is 9.78. The van der Waals surface area contributed by atoms with Crippen LogP contribution in [0.1, 0.15) is 122 Å². The topological polar surface area (TPSA) is 20.2 Å². The van der Waals surface area contributed by atoms with E-state index in [0.717, 1.165) is 23.7 Å². The molecule has 0 bridgehead atoms. The number of hydrogen-bond donors (Lipinski definition) is 1. The quantitative estimate of drug-likeness (QED) is 0.548. The van der Waals surface area contributed by atoms with Crippen molar-refractivity contribution in [2.45, 2.75) is 111 Å². The number of phenols is 1. The maximum absolute atomic E-state index is 10.7. The number of benzene rings is 1. The highest BCUT2D eigenvalue weighted by atomic mass is 16.3. The van der Waals surface area contributed by atoms with E-state index >= 15 is 0 Å². The summed E-state index contributed by atoms with van der Waals surface area (Å²) < 4.78 is 0. The van der Waals surface area contributed by atoms with E-state index in [1.54, 1.807) is 0 Å². The summed E-state index contributed by atoms with van der Waals surface area (Å²) >= 11 is 0. The average molecular weight is 387 g/mol. The van der Waals surface area contributed by atoms with E-state index in [-0.39, 0.29) is 0 Å². The zero-order valence-electron chi connectivity index (χ0n) is 19.5. The fourth-order valence-corrected chi connectivity index (χ4v) is 6.27. The molecule has 1 nitrogen and oxygen atoms in total. The van der Waals surface area contributed by atoms with Gasteiger partial charge in [0.25, 0.3) is 0 Å². The van der Waals surface area contributed by atoms with Crippen molar-refractivity contribution in [1.29, 1.82) is 0 Å². The molecule has 0 aliphatic heterocycles. The largest absolute Gasteiger partial charge is 0.508 e. The zero-order chi connectivity index (χ0) is 20.7. The van der Waals surface area contributed by atoms with Crippen LogP contribution in [0.4, 0.5) is 0 Å². The van der Waals surface area contributed by atoms with Gasteiger partial charge in [0.2, 0.25) is 0 Å². The highest BCUT2D eigenvalue weighted by Crippen LogP contribution is 2.41. The van der Waals surface area contributed by atoms with Crippen LogP contribution in [0.15, 0.2) is 18.2 Å². The number of rotatable bonds is 4. The second-order valence-electron chi connectivity index (χ2n) is 10.3. The molecule has 28 heavy (non-hydrogen) atoms. The summed E-state index contributed by atoms with van der Waals surface area (Å²) in [6, 6.07) is 6.21. The molecule has 2 rings (SSSR count). The number of fused-ring (bicyclic) bond motifs is 1. The molecule has 0 fully saturated rings. The Morgan fingerprint density at radius 3 is 1.82 bits per heavy atom. The first-order valence-corrected chi connectivity index (χ1v) is 12.2. The highest BCUT2D eigenvalue weighted by molar-refractivity contribution is 5.43. The maximum Gasteiger partial charge on any atom is 0.119 e. The minimum Gasteiger partial charge on any atom is -0.508 e. The fourth-order valence-electron chi connectivity index (χ4n) is 6.27. The maximum atomic E-state index is 10.7. The van der Waals surface area contributed by atoms with Crippen molar-refractivity contribution < 1.29 is 5.11 Å². The van der Waals surface area contributed by atoms with Gasteiger partial charge in [0, 0.05) is 5.56 Å². The van der Waals surface area contributed by atoms with Crippen molar-refractivity contribution in [3.8, 4) is 5.75 Å².